The molecule has 248 valence electrons. The number of carbonyl (C=O) groups is 4. The van der Waals surface area contributed by atoms with Crippen LogP contribution in [0.4, 0.5) is 4.79 Å². The maximum atomic E-state index is 13.2. The molecule has 0 aromatic rings. The van der Waals surface area contributed by atoms with Crippen molar-refractivity contribution in [2.75, 3.05) is 40.8 Å². The highest BCUT2D eigenvalue weighted by Crippen LogP contribution is 2.22. The van der Waals surface area contributed by atoms with Gasteiger partial charge in [-0.25, -0.2) is 9.59 Å². The molecule has 1 fully saturated rings. The maximum Gasteiger partial charge on any atom is 0.329 e. The minimum absolute atomic E-state index is 0.0107. The van der Waals surface area contributed by atoms with E-state index in [-0.39, 0.29) is 19.5 Å². The number of amides is 4. The van der Waals surface area contributed by atoms with Gasteiger partial charge in [0.25, 0.3) is 10.2 Å². The van der Waals surface area contributed by atoms with Gasteiger partial charge in [-0.3, -0.25) is 9.59 Å². The van der Waals surface area contributed by atoms with Crippen molar-refractivity contribution in [3.63, 3.8) is 0 Å². The second-order valence-electron chi connectivity index (χ2n) is 12.7. The number of carboxylic acids is 1. The molecule has 4 amide bonds. The SMILES string of the molecule is CCCCC/C=C\CC[C@](C)(NC(=O)[C@@H]1CCCN1C(=O)CNC(=O)NC(CN(C)S(=O)(=O)N(C)C)C(C)(C)C)C(=O)O. The molecule has 0 aromatic heterocycles. The number of nitrogens with one attached hydrogen (secondary N) is 3. The Bertz CT molecular complexity index is 1090. The van der Waals surface area contributed by atoms with Crippen molar-refractivity contribution in [2.24, 2.45) is 5.41 Å². The smallest absolute Gasteiger partial charge is 0.329 e. The number of nitrogens with zero attached hydrogens (tertiary/aromatic N) is 3. The van der Waals surface area contributed by atoms with Crippen LogP contribution in [0.25, 0.3) is 0 Å². The Kier molecular flexibility index (Phi) is 15.1. The largest absolute Gasteiger partial charge is 0.480 e. The molecule has 1 rings (SSSR count). The standard InChI is InChI=1S/C29H54N6O7S/c1-9-10-11-12-13-14-15-18-29(5,26(38)39)32-25(37)22-17-16-19-35(22)24(36)20-30-27(40)31-23(28(2,3)4)21-34(8)43(41,42)33(6)7/h13-14,22-23H,9-12,15-21H2,1-8H3,(H,32,37)(H,38,39)(H2,30,31,40)/b14-13-/t22-,23?,29-/m0/s1. The molecular formula is C29H54N6O7S. The highest BCUT2D eigenvalue weighted by Gasteiger charge is 2.40. The number of hydrogen-bond acceptors (Lipinski definition) is 6. The van der Waals surface area contributed by atoms with Crippen LogP contribution in [0.3, 0.4) is 0 Å². The van der Waals surface area contributed by atoms with Crippen LogP contribution in [0.5, 0.6) is 0 Å². The van der Waals surface area contributed by atoms with Gasteiger partial charge in [-0.1, -0.05) is 52.7 Å². The van der Waals surface area contributed by atoms with Gasteiger partial charge in [0, 0.05) is 40.3 Å². The molecule has 1 unspecified atom stereocenters. The average molecular weight is 631 g/mol. The Morgan fingerprint density at radius 1 is 1.05 bits per heavy atom. The summed E-state index contributed by atoms with van der Waals surface area (Å²) < 4.78 is 27.2. The lowest BCUT2D eigenvalue weighted by Crippen LogP contribution is -2.58. The van der Waals surface area contributed by atoms with Crippen LogP contribution in [0, 0.1) is 5.41 Å². The van der Waals surface area contributed by atoms with E-state index in [2.05, 4.69) is 22.9 Å². The van der Waals surface area contributed by atoms with Crippen LogP contribution in [0.15, 0.2) is 12.2 Å². The number of likely N-dealkylation sites (tertiary alicyclic amines) is 1. The molecule has 43 heavy (non-hydrogen) atoms. The van der Waals surface area contributed by atoms with E-state index in [1.54, 1.807) is 0 Å². The molecule has 1 aliphatic heterocycles. The lowest BCUT2D eigenvalue weighted by Gasteiger charge is -2.35. The number of allylic oxidation sites excluding steroid dienone is 2. The van der Waals surface area contributed by atoms with Gasteiger partial charge in [0.05, 0.1) is 6.54 Å². The van der Waals surface area contributed by atoms with Crippen LogP contribution in [-0.2, 0) is 24.6 Å². The predicted molar refractivity (Wildman–Crippen MR) is 166 cm³/mol. The van der Waals surface area contributed by atoms with Crippen molar-refractivity contribution in [3.05, 3.63) is 12.2 Å². The first kappa shape index (κ1) is 38.3. The molecule has 0 spiro atoms. The minimum Gasteiger partial charge on any atom is -0.480 e. The quantitative estimate of drug-likeness (QED) is 0.141. The summed E-state index contributed by atoms with van der Waals surface area (Å²) >= 11 is 0. The zero-order chi connectivity index (χ0) is 33.0. The fourth-order valence-electron chi connectivity index (χ4n) is 4.67. The number of aliphatic carboxylic acids is 1. The lowest BCUT2D eigenvalue weighted by molar-refractivity contribution is -0.148. The molecule has 0 aromatic carbocycles. The fraction of sp³-hybridized carbons (Fsp3) is 0.793. The van der Waals surface area contributed by atoms with E-state index in [1.807, 2.05) is 32.9 Å². The van der Waals surface area contributed by atoms with Crippen LogP contribution in [0.2, 0.25) is 0 Å². The summed E-state index contributed by atoms with van der Waals surface area (Å²) in [6.45, 7) is 9.13. The van der Waals surface area contributed by atoms with E-state index >= 15 is 0 Å². The Balaban J connectivity index is 2.77. The van der Waals surface area contributed by atoms with Crippen molar-refractivity contribution >= 4 is 34.0 Å². The summed E-state index contributed by atoms with van der Waals surface area (Å²) in [4.78, 5) is 52.4. The number of carbonyl (C=O) groups excluding carboxylic acids is 3. The highest BCUT2D eigenvalue weighted by atomic mass is 32.2. The lowest BCUT2D eigenvalue weighted by atomic mass is 9.87. The van der Waals surface area contributed by atoms with Gasteiger partial charge in [-0.15, -0.1) is 0 Å². The minimum atomic E-state index is -3.69. The summed E-state index contributed by atoms with van der Waals surface area (Å²) in [6, 6.07) is -2.06. The van der Waals surface area contributed by atoms with Crippen molar-refractivity contribution in [2.45, 2.75) is 104 Å². The maximum absolute atomic E-state index is 13.2. The molecule has 0 radical (unpaired) electrons. The summed E-state index contributed by atoms with van der Waals surface area (Å²) in [5.74, 6) is -2.16. The van der Waals surface area contributed by atoms with Crippen LogP contribution < -0.4 is 16.0 Å². The molecule has 1 heterocycles. The van der Waals surface area contributed by atoms with E-state index in [0.29, 0.717) is 25.8 Å². The topological polar surface area (TPSA) is 168 Å². The molecular weight excluding hydrogens is 576 g/mol. The van der Waals surface area contributed by atoms with Gasteiger partial charge in [0.15, 0.2) is 0 Å². The first-order valence-electron chi connectivity index (χ1n) is 15.0. The van der Waals surface area contributed by atoms with Gasteiger partial charge in [-0.05, 0) is 50.9 Å². The van der Waals surface area contributed by atoms with Gasteiger partial charge in [-0.2, -0.15) is 17.0 Å². The van der Waals surface area contributed by atoms with E-state index in [0.717, 1.165) is 34.3 Å². The molecule has 1 aliphatic rings. The highest BCUT2D eigenvalue weighted by molar-refractivity contribution is 7.86. The molecule has 4 N–H and O–H groups in total. The second-order valence-corrected chi connectivity index (χ2v) is 14.9. The van der Waals surface area contributed by atoms with Crippen LogP contribution >= 0.6 is 0 Å². The van der Waals surface area contributed by atoms with Crippen LogP contribution in [0.1, 0.15) is 86.0 Å². The molecule has 3 atom stereocenters. The molecule has 0 saturated carbocycles. The van der Waals surface area contributed by atoms with Gasteiger partial charge in [0.2, 0.25) is 11.8 Å². The summed E-state index contributed by atoms with van der Waals surface area (Å²) in [6.07, 6.45) is 9.91. The molecule has 0 aliphatic carbocycles. The summed E-state index contributed by atoms with van der Waals surface area (Å²) in [5.41, 5.74) is -1.99. The number of likely N-dealkylation sites (N-methyl/N-ethyl adjacent to an activating group) is 1. The normalized spacial score (nSPS) is 18.1. The van der Waals surface area contributed by atoms with Crippen LogP contribution in [-0.4, -0.2) is 109 Å². The number of rotatable bonds is 17. The Morgan fingerprint density at radius 3 is 2.23 bits per heavy atom. The monoisotopic (exact) mass is 630 g/mol. The zero-order valence-corrected chi connectivity index (χ0v) is 28.1. The molecule has 14 heteroatoms. The molecule has 0 bridgehead atoms. The van der Waals surface area contributed by atoms with Gasteiger partial charge < -0.3 is 26.0 Å². The summed E-state index contributed by atoms with van der Waals surface area (Å²) in [5, 5.41) is 17.8. The Labute approximate surface area is 258 Å². The Morgan fingerprint density at radius 2 is 1.67 bits per heavy atom. The first-order valence-corrected chi connectivity index (χ1v) is 16.4. The molecule has 13 nitrogen and oxygen atoms in total. The second kappa shape index (κ2) is 17.0. The van der Waals surface area contributed by atoms with Crippen molar-refractivity contribution in [3.8, 4) is 0 Å². The van der Waals surface area contributed by atoms with E-state index < -0.39 is 57.1 Å². The van der Waals surface area contributed by atoms with Crippen molar-refractivity contribution in [1.82, 2.24) is 29.5 Å². The van der Waals surface area contributed by atoms with E-state index in [9.17, 15) is 32.7 Å². The summed E-state index contributed by atoms with van der Waals surface area (Å²) in [7, 11) is 0.578. The third kappa shape index (κ3) is 12.1. The Hall–Kier alpha value is -2.71. The first-order chi connectivity index (χ1) is 19.9. The van der Waals surface area contributed by atoms with Gasteiger partial charge in [0.1, 0.15) is 11.6 Å². The average Bonchev–Trinajstić information content (AvgIpc) is 3.40. The van der Waals surface area contributed by atoms with Gasteiger partial charge >= 0.3 is 12.0 Å². The molecule has 1 saturated heterocycles. The number of hydrogen-bond donors (Lipinski definition) is 4. The van der Waals surface area contributed by atoms with Crippen molar-refractivity contribution in [1.29, 1.82) is 0 Å². The zero-order valence-electron chi connectivity index (χ0n) is 27.2. The third-order valence-electron chi connectivity index (χ3n) is 7.74. The third-order valence-corrected chi connectivity index (χ3v) is 9.60. The number of urea groups is 1. The predicted octanol–water partition coefficient (Wildman–Crippen LogP) is 2.31. The number of unbranched alkanes of at least 4 members (excludes halogenated alkanes) is 3. The van der Waals surface area contributed by atoms with E-state index in [4.69, 9.17) is 0 Å². The van der Waals surface area contributed by atoms with E-state index in [1.165, 1.54) is 33.0 Å². The fourth-order valence-corrected chi connectivity index (χ4v) is 5.56. The van der Waals surface area contributed by atoms with Crippen molar-refractivity contribution < 1.29 is 32.7 Å². The number of carboxylic acid groups (broad SMARTS) is 1.